The van der Waals surface area contributed by atoms with Crippen molar-refractivity contribution in [2.45, 2.75) is 56.9 Å². The average Bonchev–Trinajstić information content (AvgIpc) is 2.95. The first kappa shape index (κ1) is 33.1. The Kier molecular flexibility index (Phi) is 11.2. The van der Waals surface area contributed by atoms with Crippen LogP contribution in [0.3, 0.4) is 0 Å². The Hall–Kier alpha value is -3.37. The van der Waals surface area contributed by atoms with Gasteiger partial charge >= 0.3 is 11.9 Å². The van der Waals surface area contributed by atoms with Crippen molar-refractivity contribution >= 4 is 17.9 Å². The highest BCUT2D eigenvalue weighted by atomic mass is 16.8. The van der Waals surface area contributed by atoms with Gasteiger partial charge in [0.1, 0.15) is 43.2 Å². The minimum atomic E-state index is -1.71. The topological polar surface area (TPSA) is 217 Å². The Labute approximate surface area is 242 Å². The number of carbonyl (C=O) groups is 3. The van der Waals surface area contributed by atoms with Crippen LogP contribution in [0.2, 0.25) is 0 Å². The van der Waals surface area contributed by atoms with E-state index in [1.54, 1.807) is 26.1 Å². The molecule has 0 amide bonds. The lowest BCUT2D eigenvalue weighted by molar-refractivity contribution is -0.867. The third-order valence-corrected chi connectivity index (χ3v) is 7.41. The van der Waals surface area contributed by atoms with Gasteiger partial charge in [0.25, 0.3) is 0 Å². The van der Waals surface area contributed by atoms with E-state index in [9.17, 15) is 45.0 Å². The maximum absolute atomic E-state index is 12.6. The van der Waals surface area contributed by atoms with Gasteiger partial charge in [-0.1, -0.05) is 32.1 Å². The monoisotopic (exact) mass is 595 g/mol. The molecule has 0 bridgehead atoms. The van der Waals surface area contributed by atoms with E-state index in [1.807, 2.05) is 0 Å². The maximum Gasteiger partial charge on any atom is 0.337 e. The fraction of sp³-hybridized carbons (Fsp3) is 0.536. The number of aliphatic hydroxyl groups excluding tert-OH is 4. The minimum Gasteiger partial charge on any atom is -0.544 e. The molecule has 0 radical (unpaired) electrons. The summed E-state index contributed by atoms with van der Waals surface area (Å²) in [4.78, 5) is 36.7. The van der Waals surface area contributed by atoms with E-state index in [0.29, 0.717) is 10.5 Å². The number of rotatable bonds is 11. The zero-order valence-corrected chi connectivity index (χ0v) is 23.4. The lowest BCUT2D eigenvalue weighted by Gasteiger charge is -2.42. The molecule has 3 heterocycles. The first-order valence-corrected chi connectivity index (χ1v) is 13.3. The molecule has 232 valence electrons. The summed E-state index contributed by atoms with van der Waals surface area (Å²) < 4.78 is 21.7. The first-order chi connectivity index (χ1) is 19.8. The summed E-state index contributed by atoms with van der Waals surface area (Å²) >= 11 is 0. The number of hydrogen-bond acceptors (Lipinski definition) is 12. The van der Waals surface area contributed by atoms with Crippen LogP contribution in [0.5, 0.6) is 0 Å². The summed E-state index contributed by atoms with van der Waals surface area (Å²) in [7, 11) is 1.17. The fourth-order valence-electron chi connectivity index (χ4n) is 5.19. The first-order valence-electron chi connectivity index (χ1n) is 13.3. The number of allylic oxidation sites excluding steroid dienone is 4. The molecule has 6 N–H and O–H groups in total. The van der Waals surface area contributed by atoms with Crippen LogP contribution >= 0.6 is 0 Å². The van der Waals surface area contributed by atoms with Crippen LogP contribution in [0.4, 0.5) is 0 Å². The van der Waals surface area contributed by atoms with Crippen LogP contribution in [-0.4, -0.2) is 107 Å². The number of hydrogen-bond donors (Lipinski definition) is 6. The number of aliphatic hydroxyl groups is 4. The molecule has 0 aromatic carbocycles. The van der Waals surface area contributed by atoms with Gasteiger partial charge in [0.15, 0.2) is 6.29 Å². The van der Waals surface area contributed by atoms with Crippen LogP contribution in [0, 0.1) is 17.8 Å². The molecule has 0 saturated carbocycles. The Morgan fingerprint density at radius 1 is 1.19 bits per heavy atom. The van der Waals surface area contributed by atoms with Crippen LogP contribution in [0.15, 0.2) is 60.1 Å². The van der Waals surface area contributed by atoms with Gasteiger partial charge in [-0.05, 0) is 6.08 Å². The number of methoxy groups -OCH3 is 1. The molecule has 1 fully saturated rings. The summed E-state index contributed by atoms with van der Waals surface area (Å²) in [6.07, 6.45) is -0.504. The highest BCUT2D eigenvalue weighted by Crippen LogP contribution is 2.36. The second-order valence-corrected chi connectivity index (χ2v) is 10.5. The molecule has 10 atom stereocenters. The summed E-state index contributed by atoms with van der Waals surface area (Å²) in [5, 5.41) is 61.6. The van der Waals surface area contributed by atoms with Gasteiger partial charge in [-0.2, -0.15) is 0 Å². The highest BCUT2D eigenvalue weighted by Gasteiger charge is 2.47. The zero-order valence-electron chi connectivity index (χ0n) is 23.4. The molecule has 3 rings (SSSR count). The van der Waals surface area contributed by atoms with Crippen molar-refractivity contribution in [3.8, 4) is 0 Å². The number of esters is 1. The number of ether oxygens (including phenoxy) is 4. The van der Waals surface area contributed by atoms with Crippen LogP contribution in [0.1, 0.15) is 13.8 Å². The quantitative estimate of drug-likeness (QED) is 0.102. The molecule has 3 aliphatic rings. The zero-order chi connectivity index (χ0) is 31.3. The van der Waals surface area contributed by atoms with Crippen molar-refractivity contribution in [1.29, 1.82) is 0 Å². The molecule has 0 aromatic heterocycles. The van der Waals surface area contributed by atoms with E-state index < -0.39 is 79.4 Å². The van der Waals surface area contributed by atoms with Crippen molar-refractivity contribution in [3.63, 3.8) is 0 Å². The number of quaternary nitrogens is 1. The Balaban J connectivity index is 1.96. The Morgan fingerprint density at radius 3 is 2.43 bits per heavy atom. The molecule has 0 aromatic rings. The van der Waals surface area contributed by atoms with E-state index in [4.69, 9.17) is 18.9 Å². The maximum atomic E-state index is 12.6. The van der Waals surface area contributed by atoms with Gasteiger partial charge in [0, 0.05) is 17.4 Å². The normalized spacial score (nSPS) is 34.1. The SMILES string of the molecule is C=C[C@H]1[C@H](O[C@@H]2O[C@H](CO)[C@@H](O)[C@H](O)[C@H]2O)OC=C(C(=O)OC)[C@H]1/C=C/C1=C[NH+]([C@H](C(=O)[O-])C(C)C)CC(C(=O)O)=C1. The van der Waals surface area contributed by atoms with Crippen molar-refractivity contribution in [2.24, 2.45) is 17.8 Å². The molecule has 0 spiro atoms. The lowest BCUT2D eigenvalue weighted by atomic mass is 9.83. The fourth-order valence-corrected chi connectivity index (χ4v) is 5.19. The average molecular weight is 596 g/mol. The predicted molar refractivity (Wildman–Crippen MR) is 139 cm³/mol. The van der Waals surface area contributed by atoms with Gasteiger partial charge in [-0.25, -0.2) is 9.59 Å². The van der Waals surface area contributed by atoms with E-state index in [0.717, 1.165) is 6.26 Å². The summed E-state index contributed by atoms with van der Waals surface area (Å²) in [5.41, 5.74) is 0.370. The highest BCUT2D eigenvalue weighted by molar-refractivity contribution is 5.89. The van der Waals surface area contributed by atoms with Crippen molar-refractivity contribution in [1.82, 2.24) is 0 Å². The van der Waals surface area contributed by atoms with E-state index in [-0.39, 0.29) is 23.6 Å². The second-order valence-electron chi connectivity index (χ2n) is 10.5. The van der Waals surface area contributed by atoms with E-state index in [1.165, 1.54) is 25.3 Å². The molecular formula is C28H37NO13. The molecule has 42 heavy (non-hydrogen) atoms. The summed E-state index contributed by atoms with van der Waals surface area (Å²) in [6.45, 7) is 6.41. The standard InChI is InChI=1S/C28H37NO13/c1-5-16-17(7-6-14-8-15(24(34)35)10-29(9-14)20(13(2)3)25(36)37)18(26(38)39-4)12-40-27(16)42-28-23(33)22(32)21(31)19(11-30)41-28/h5-9,12-13,16-17,19-23,27-28,30-33H,1,10-11H2,2-4H3,(H,34,35)(H,36,37)/b7-6+/t16-,17+,19-,20+,21-,22+,23-,27+,28+/m1/s1. The number of carboxylic acid groups (broad SMARTS) is 2. The summed E-state index contributed by atoms with van der Waals surface area (Å²) in [6, 6.07) is -1.03. The third-order valence-electron chi connectivity index (χ3n) is 7.41. The lowest BCUT2D eigenvalue weighted by Crippen LogP contribution is -3.14. The molecular weight excluding hydrogens is 558 g/mol. The van der Waals surface area contributed by atoms with Gasteiger partial charge in [0.05, 0.1) is 43.0 Å². The van der Waals surface area contributed by atoms with Crippen molar-refractivity contribution in [3.05, 3.63) is 60.1 Å². The molecule has 1 saturated heterocycles. The Morgan fingerprint density at radius 2 is 1.88 bits per heavy atom. The molecule has 1 unspecified atom stereocenters. The third kappa shape index (κ3) is 7.15. The largest absolute Gasteiger partial charge is 0.544 e. The number of carbonyl (C=O) groups excluding carboxylic acids is 2. The molecule has 14 nitrogen and oxygen atoms in total. The van der Waals surface area contributed by atoms with Crippen LogP contribution < -0.4 is 10.0 Å². The summed E-state index contributed by atoms with van der Waals surface area (Å²) in [5.74, 6) is -5.33. The number of nitrogens with one attached hydrogen (secondary N) is 1. The Bertz CT molecular complexity index is 1160. The van der Waals surface area contributed by atoms with Crippen molar-refractivity contribution < 1.29 is 68.9 Å². The van der Waals surface area contributed by atoms with Gasteiger partial charge in [-0.15, -0.1) is 6.58 Å². The number of carboxylic acids is 2. The minimum absolute atomic E-state index is 0.0288. The molecule has 0 aliphatic carbocycles. The molecule has 14 heteroatoms. The second kappa shape index (κ2) is 14.2. The predicted octanol–water partition coefficient (Wildman–Crippen LogP) is -3.24. The van der Waals surface area contributed by atoms with Gasteiger partial charge in [-0.3, -0.25) is 4.90 Å². The van der Waals surface area contributed by atoms with Crippen LogP contribution in [-0.2, 0) is 33.3 Å². The molecule has 3 aliphatic heterocycles. The van der Waals surface area contributed by atoms with Gasteiger partial charge < -0.3 is 54.4 Å². The van der Waals surface area contributed by atoms with E-state index in [2.05, 4.69) is 6.58 Å². The van der Waals surface area contributed by atoms with Crippen molar-refractivity contribution in [2.75, 3.05) is 20.3 Å². The smallest absolute Gasteiger partial charge is 0.337 e. The van der Waals surface area contributed by atoms with E-state index >= 15 is 0 Å². The van der Waals surface area contributed by atoms with Crippen LogP contribution in [0.25, 0.3) is 0 Å². The van der Waals surface area contributed by atoms with Gasteiger partial charge in [0.2, 0.25) is 6.29 Å². The number of aliphatic carboxylic acids is 2.